The zero-order chi connectivity index (χ0) is 18.9. The maximum atomic E-state index is 12.5. The lowest BCUT2D eigenvalue weighted by molar-refractivity contribution is -0.113. The Morgan fingerprint density at radius 3 is 2.41 bits per heavy atom. The molecule has 0 saturated carbocycles. The molecule has 27 heavy (non-hydrogen) atoms. The molecule has 0 bridgehead atoms. The van der Waals surface area contributed by atoms with E-state index in [1.165, 1.54) is 11.8 Å². The van der Waals surface area contributed by atoms with Crippen molar-refractivity contribution in [1.82, 2.24) is 10.3 Å². The number of nitrogens with one attached hydrogen (secondary N) is 2. The second kappa shape index (κ2) is 9.54. The summed E-state index contributed by atoms with van der Waals surface area (Å²) in [6.07, 6.45) is 1.69. The van der Waals surface area contributed by atoms with Crippen molar-refractivity contribution in [3.05, 3.63) is 90.1 Å². The summed E-state index contributed by atoms with van der Waals surface area (Å²) in [6, 6.07) is 22.2. The number of pyridine rings is 1. The molecule has 0 radical (unpaired) electrons. The summed E-state index contributed by atoms with van der Waals surface area (Å²) in [7, 11) is 0. The monoisotopic (exact) mass is 377 g/mol. The third-order valence-electron chi connectivity index (χ3n) is 3.73. The van der Waals surface area contributed by atoms with E-state index in [9.17, 15) is 9.59 Å². The molecule has 2 amide bonds. The highest BCUT2D eigenvalue weighted by molar-refractivity contribution is 7.99. The number of thioether (sulfide) groups is 1. The van der Waals surface area contributed by atoms with Crippen LogP contribution in [0.25, 0.3) is 0 Å². The Morgan fingerprint density at radius 1 is 0.889 bits per heavy atom. The highest BCUT2D eigenvalue weighted by atomic mass is 32.2. The van der Waals surface area contributed by atoms with E-state index in [2.05, 4.69) is 15.6 Å². The summed E-state index contributed by atoms with van der Waals surface area (Å²) in [4.78, 5) is 28.9. The Kier molecular flexibility index (Phi) is 6.60. The van der Waals surface area contributed by atoms with Gasteiger partial charge in [0.15, 0.2) is 0 Å². The van der Waals surface area contributed by atoms with Gasteiger partial charge in [0.05, 0.1) is 22.0 Å². The molecule has 0 aliphatic carbocycles. The molecule has 0 aliphatic heterocycles. The molecule has 1 heterocycles. The lowest BCUT2D eigenvalue weighted by Crippen LogP contribution is -2.25. The van der Waals surface area contributed by atoms with Gasteiger partial charge >= 0.3 is 0 Å². The molecule has 0 aliphatic rings. The highest BCUT2D eigenvalue weighted by Crippen LogP contribution is 2.18. The van der Waals surface area contributed by atoms with Crippen molar-refractivity contribution in [3.63, 3.8) is 0 Å². The number of anilines is 1. The Labute approximate surface area is 162 Å². The molecular weight excluding hydrogens is 358 g/mol. The van der Waals surface area contributed by atoms with Crippen molar-refractivity contribution < 1.29 is 9.59 Å². The minimum atomic E-state index is -0.230. The summed E-state index contributed by atoms with van der Waals surface area (Å²) >= 11 is 1.35. The summed E-state index contributed by atoms with van der Waals surface area (Å²) in [5.74, 6) is -0.196. The van der Waals surface area contributed by atoms with Gasteiger partial charge in [-0.3, -0.25) is 9.59 Å². The second-order valence-electron chi connectivity index (χ2n) is 5.72. The van der Waals surface area contributed by atoms with Crippen LogP contribution >= 0.6 is 11.8 Å². The first-order valence-corrected chi connectivity index (χ1v) is 9.46. The Morgan fingerprint density at radius 2 is 1.63 bits per heavy atom. The Balaban J connectivity index is 1.59. The largest absolute Gasteiger partial charge is 0.348 e. The van der Waals surface area contributed by atoms with Gasteiger partial charge in [0.2, 0.25) is 5.91 Å². The molecule has 0 atom stereocenters. The predicted molar refractivity (Wildman–Crippen MR) is 108 cm³/mol. The van der Waals surface area contributed by atoms with Crippen LogP contribution < -0.4 is 10.6 Å². The molecule has 2 aromatic carbocycles. The lowest BCUT2D eigenvalue weighted by Gasteiger charge is -2.11. The predicted octanol–water partition coefficient (Wildman–Crippen LogP) is 3.74. The van der Waals surface area contributed by atoms with Crippen LogP contribution in [0.5, 0.6) is 0 Å². The number of carbonyl (C=O) groups excluding carboxylic acids is 2. The van der Waals surface area contributed by atoms with Crippen LogP contribution in [0, 0.1) is 0 Å². The normalized spacial score (nSPS) is 10.2. The minimum Gasteiger partial charge on any atom is -0.348 e. The number of benzene rings is 2. The van der Waals surface area contributed by atoms with E-state index in [0.29, 0.717) is 17.8 Å². The summed E-state index contributed by atoms with van der Waals surface area (Å²) in [5.41, 5.74) is 1.94. The Bertz CT molecular complexity index is 902. The third-order valence-corrected chi connectivity index (χ3v) is 4.67. The summed E-state index contributed by atoms with van der Waals surface area (Å²) < 4.78 is 0. The van der Waals surface area contributed by atoms with Gasteiger partial charge in [-0.15, -0.1) is 0 Å². The number of aromatic nitrogens is 1. The van der Waals surface area contributed by atoms with Crippen LogP contribution in [-0.2, 0) is 11.3 Å². The second-order valence-corrected chi connectivity index (χ2v) is 6.71. The van der Waals surface area contributed by atoms with Gasteiger partial charge in [-0.05, 0) is 29.8 Å². The molecule has 0 saturated heterocycles. The van der Waals surface area contributed by atoms with Crippen molar-refractivity contribution in [2.75, 3.05) is 11.1 Å². The van der Waals surface area contributed by atoms with E-state index in [1.807, 2.05) is 48.5 Å². The van der Waals surface area contributed by atoms with Crippen molar-refractivity contribution in [2.24, 2.45) is 0 Å². The number of hydrogen-bond donors (Lipinski definition) is 2. The van der Waals surface area contributed by atoms with Gasteiger partial charge in [0.1, 0.15) is 0 Å². The number of para-hydroxylation sites is 1. The molecule has 136 valence electrons. The zero-order valence-corrected chi connectivity index (χ0v) is 15.4. The van der Waals surface area contributed by atoms with Gasteiger partial charge in [-0.1, -0.05) is 60.3 Å². The molecule has 1 aromatic heterocycles. The van der Waals surface area contributed by atoms with Crippen molar-refractivity contribution in [2.45, 2.75) is 11.6 Å². The third kappa shape index (κ3) is 5.69. The van der Waals surface area contributed by atoms with Crippen LogP contribution in [-0.4, -0.2) is 22.6 Å². The fourth-order valence-corrected chi connectivity index (χ4v) is 3.08. The molecule has 5 nitrogen and oxygen atoms in total. The van der Waals surface area contributed by atoms with Gasteiger partial charge in [-0.25, -0.2) is 4.98 Å². The number of amides is 2. The zero-order valence-electron chi connectivity index (χ0n) is 14.6. The Hall–Kier alpha value is -3.12. The molecule has 3 aromatic rings. The number of carbonyl (C=O) groups is 2. The molecule has 3 rings (SSSR count). The van der Waals surface area contributed by atoms with Crippen LogP contribution in [0.2, 0.25) is 0 Å². The first-order valence-electron chi connectivity index (χ1n) is 8.47. The van der Waals surface area contributed by atoms with E-state index in [4.69, 9.17) is 0 Å². The lowest BCUT2D eigenvalue weighted by atomic mass is 10.1. The smallest absolute Gasteiger partial charge is 0.253 e. The maximum Gasteiger partial charge on any atom is 0.253 e. The topological polar surface area (TPSA) is 71.1 Å². The van der Waals surface area contributed by atoms with Gasteiger partial charge < -0.3 is 10.6 Å². The van der Waals surface area contributed by atoms with E-state index < -0.39 is 0 Å². The van der Waals surface area contributed by atoms with E-state index in [0.717, 1.165) is 10.6 Å². The SMILES string of the molecule is O=C(CSc1ccccn1)Nc1ccccc1C(=O)NCc1ccccc1. The molecule has 6 heteroatoms. The van der Waals surface area contributed by atoms with Gasteiger partial charge in [0.25, 0.3) is 5.91 Å². The van der Waals surface area contributed by atoms with Crippen LogP contribution in [0.1, 0.15) is 15.9 Å². The number of nitrogens with zero attached hydrogens (tertiary/aromatic N) is 1. The van der Waals surface area contributed by atoms with E-state index in [1.54, 1.807) is 30.5 Å². The fourth-order valence-electron chi connectivity index (χ4n) is 2.42. The van der Waals surface area contributed by atoms with E-state index >= 15 is 0 Å². The highest BCUT2D eigenvalue weighted by Gasteiger charge is 2.13. The van der Waals surface area contributed by atoms with Gasteiger partial charge in [-0.2, -0.15) is 0 Å². The first kappa shape index (κ1) is 18.7. The summed E-state index contributed by atoms with van der Waals surface area (Å²) in [5, 5.41) is 6.47. The quantitative estimate of drug-likeness (QED) is 0.615. The van der Waals surface area contributed by atoms with Crippen molar-refractivity contribution >= 4 is 29.3 Å². The number of rotatable bonds is 7. The maximum absolute atomic E-state index is 12.5. The molecular formula is C21H19N3O2S. The van der Waals surface area contributed by atoms with Crippen molar-refractivity contribution in [1.29, 1.82) is 0 Å². The minimum absolute atomic E-state index is 0.186. The van der Waals surface area contributed by atoms with Gasteiger partial charge in [0, 0.05) is 12.7 Å². The number of hydrogen-bond acceptors (Lipinski definition) is 4. The molecule has 0 fully saturated rings. The summed E-state index contributed by atoms with van der Waals surface area (Å²) in [6.45, 7) is 0.428. The van der Waals surface area contributed by atoms with Crippen LogP contribution in [0.15, 0.2) is 84.0 Å². The standard InChI is InChI=1S/C21H19N3O2S/c25-19(15-27-20-12-6-7-13-22-20)24-18-11-5-4-10-17(18)21(26)23-14-16-8-2-1-3-9-16/h1-13H,14-15H2,(H,23,26)(H,24,25). The molecule has 0 unspecified atom stereocenters. The van der Waals surface area contributed by atoms with Crippen LogP contribution in [0.4, 0.5) is 5.69 Å². The fraction of sp³-hybridized carbons (Fsp3) is 0.0952. The average molecular weight is 377 g/mol. The molecule has 0 spiro atoms. The first-order chi connectivity index (χ1) is 13.2. The molecule has 2 N–H and O–H groups in total. The van der Waals surface area contributed by atoms with Crippen molar-refractivity contribution in [3.8, 4) is 0 Å². The average Bonchev–Trinajstić information content (AvgIpc) is 2.72. The van der Waals surface area contributed by atoms with Crippen LogP contribution in [0.3, 0.4) is 0 Å². The van der Waals surface area contributed by atoms with E-state index in [-0.39, 0.29) is 17.6 Å².